The topological polar surface area (TPSA) is 20.3 Å². The summed E-state index contributed by atoms with van der Waals surface area (Å²) >= 11 is 0. The van der Waals surface area contributed by atoms with E-state index in [0.29, 0.717) is 12.1 Å². The Labute approximate surface area is 189 Å². The molecule has 1 fully saturated rings. The number of amides is 1. The minimum Gasteiger partial charge on any atom is -0.330 e. The van der Waals surface area contributed by atoms with Gasteiger partial charge in [0.1, 0.15) is 5.82 Å². The van der Waals surface area contributed by atoms with E-state index in [1.54, 1.807) is 6.07 Å². The summed E-state index contributed by atoms with van der Waals surface area (Å²) in [6, 6.07) is 23.3. The number of halogens is 1. The summed E-state index contributed by atoms with van der Waals surface area (Å²) in [7, 11) is 0. The first-order valence-electron chi connectivity index (χ1n) is 11.4. The Balaban J connectivity index is 1.56. The number of hydrogen-bond donors (Lipinski definition) is 0. The molecule has 5 rings (SSSR count). The first-order valence-corrected chi connectivity index (χ1v) is 11.4. The van der Waals surface area contributed by atoms with Crippen molar-refractivity contribution in [1.82, 2.24) is 4.90 Å². The van der Waals surface area contributed by atoms with Gasteiger partial charge in [0.2, 0.25) is 5.91 Å². The fourth-order valence-electron chi connectivity index (χ4n) is 5.36. The Morgan fingerprint density at radius 1 is 1.00 bits per heavy atom. The Bertz CT molecular complexity index is 1170. The predicted octanol–water partition coefficient (Wildman–Crippen LogP) is 6.86. The number of aryl methyl sites for hydroxylation is 1. The zero-order valence-corrected chi connectivity index (χ0v) is 18.6. The smallest absolute Gasteiger partial charge is 0.230 e. The van der Waals surface area contributed by atoms with Gasteiger partial charge in [-0.05, 0) is 42.5 Å². The SMILES string of the molecule is Cc1ccc(-c2ccc([C@H]3[C@@H]4C=CCC[C@@]4(C)C(=O)N3Cc3ccccc3)c(F)c2)cc1. The van der Waals surface area contributed by atoms with E-state index in [4.69, 9.17) is 0 Å². The third-order valence-electron chi connectivity index (χ3n) is 7.23. The van der Waals surface area contributed by atoms with Gasteiger partial charge >= 0.3 is 0 Å². The lowest BCUT2D eigenvalue weighted by Crippen LogP contribution is -2.34. The number of allylic oxidation sites excluding steroid dienone is 1. The molecular formula is C29H28FNO. The molecule has 3 aromatic carbocycles. The van der Waals surface area contributed by atoms with Gasteiger partial charge < -0.3 is 4.90 Å². The molecule has 1 heterocycles. The third kappa shape index (κ3) is 3.46. The average Bonchev–Trinajstić information content (AvgIpc) is 3.02. The Kier molecular flexibility index (Phi) is 5.21. The molecule has 1 amide bonds. The second kappa shape index (κ2) is 8.05. The fourth-order valence-corrected chi connectivity index (χ4v) is 5.36. The molecular weight excluding hydrogens is 397 g/mol. The lowest BCUT2D eigenvalue weighted by Gasteiger charge is -2.32. The molecule has 0 spiro atoms. The molecule has 32 heavy (non-hydrogen) atoms. The summed E-state index contributed by atoms with van der Waals surface area (Å²) in [4.78, 5) is 15.6. The van der Waals surface area contributed by atoms with Crippen molar-refractivity contribution in [3.63, 3.8) is 0 Å². The van der Waals surface area contributed by atoms with Crippen molar-refractivity contribution in [2.24, 2.45) is 11.3 Å². The van der Waals surface area contributed by atoms with E-state index in [0.717, 1.165) is 29.5 Å². The van der Waals surface area contributed by atoms with Crippen LogP contribution in [0.4, 0.5) is 4.39 Å². The van der Waals surface area contributed by atoms with Crippen LogP contribution >= 0.6 is 0 Å². The second-order valence-corrected chi connectivity index (χ2v) is 9.38. The van der Waals surface area contributed by atoms with E-state index in [9.17, 15) is 4.79 Å². The van der Waals surface area contributed by atoms with Crippen LogP contribution in [-0.2, 0) is 11.3 Å². The predicted molar refractivity (Wildman–Crippen MR) is 126 cm³/mol. The monoisotopic (exact) mass is 425 g/mol. The number of benzene rings is 3. The van der Waals surface area contributed by atoms with Gasteiger partial charge in [0, 0.05) is 18.0 Å². The van der Waals surface area contributed by atoms with Crippen molar-refractivity contribution in [3.05, 3.63) is 107 Å². The molecule has 0 N–H and O–H groups in total. The molecule has 0 saturated carbocycles. The molecule has 0 radical (unpaired) electrons. The van der Waals surface area contributed by atoms with E-state index in [1.165, 1.54) is 5.56 Å². The van der Waals surface area contributed by atoms with Crippen LogP contribution in [0.2, 0.25) is 0 Å². The van der Waals surface area contributed by atoms with Gasteiger partial charge in [0.05, 0.1) is 11.5 Å². The maximum absolute atomic E-state index is 15.6. The van der Waals surface area contributed by atoms with Gasteiger partial charge in [-0.2, -0.15) is 0 Å². The van der Waals surface area contributed by atoms with Gasteiger partial charge in [0.15, 0.2) is 0 Å². The molecule has 1 aliphatic heterocycles. The quantitative estimate of drug-likeness (QED) is 0.418. The molecule has 1 aliphatic carbocycles. The van der Waals surface area contributed by atoms with E-state index in [1.807, 2.05) is 78.6 Å². The van der Waals surface area contributed by atoms with E-state index < -0.39 is 5.41 Å². The lowest BCUT2D eigenvalue weighted by atomic mass is 9.69. The molecule has 2 aliphatic rings. The molecule has 1 saturated heterocycles. The Hall–Kier alpha value is -3.20. The summed E-state index contributed by atoms with van der Waals surface area (Å²) < 4.78 is 15.6. The second-order valence-electron chi connectivity index (χ2n) is 9.38. The Morgan fingerprint density at radius 3 is 2.44 bits per heavy atom. The number of fused-ring (bicyclic) bond motifs is 1. The first-order chi connectivity index (χ1) is 15.5. The minimum absolute atomic E-state index is 0.0350. The zero-order valence-electron chi connectivity index (χ0n) is 18.6. The maximum Gasteiger partial charge on any atom is 0.230 e. The molecule has 3 aromatic rings. The van der Waals surface area contributed by atoms with Crippen LogP contribution < -0.4 is 0 Å². The van der Waals surface area contributed by atoms with Crippen molar-refractivity contribution in [1.29, 1.82) is 0 Å². The van der Waals surface area contributed by atoms with E-state index >= 15 is 4.39 Å². The summed E-state index contributed by atoms with van der Waals surface area (Å²) in [6.07, 6.45) is 5.99. The summed E-state index contributed by atoms with van der Waals surface area (Å²) in [6.45, 7) is 4.59. The molecule has 3 heteroatoms. The highest BCUT2D eigenvalue weighted by molar-refractivity contribution is 5.86. The first kappa shape index (κ1) is 20.7. The average molecular weight is 426 g/mol. The van der Waals surface area contributed by atoms with Crippen LogP contribution in [0.15, 0.2) is 84.9 Å². The molecule has 0 aromatic heterocycles. The van der Waals surface area contributed by atoms with Crippen LogP contribution in [0.1, 0.15) is 42.5 Å². The highest BCUT2D eigenvalue weighted by Gasteiger charge is 2.56. The van der Waals surface area contributed by atoms with Crippen molar-refractivity contribution in [2.75, 3.05) is 0 Å². The highest BCUT2D eigenvalue weighted by Crippen LogP contribution is 2.54. The van der Waals surface area contributed by atoms with E-state index in [2.05, 4.69) is 19.1 Å². The largest absolute Gasteiger partial charge is 0.330 e. The maximum atomic E-state index is 15.6. The molecule has 2 nitrogen and oxygen atoms in total. The van der Waals surface area contributed by atoms with Gasteiger partial charge in [0.25, 0.3) is 0 Å². The molecule has 162 valence electrons. The number of carbonyl (C=O) groups is 1. The van der Waals surface area contributed by atoms with Crippen LogP contribution in [0.3, 0.4) is 0 Å². The number of likely N-dealkylation sites (tertiary alicyclic amines) is 1. The van der Waals surface area contributed by atoms with Crippen molar-refractivity contribution in [2.45, 2.75) is 39.3 Å². The van der Waals surface area contributed by atoms with Gasteiger partial charge in [-0.3, -0.25) is 4.79 Å². The van der Waals surface area contributed by atoms with Crippen molar-refractivity contribution < 1.29 is 9.18 Å². The number of hydrogen-bond acceptors (Lipinski definition) is 1. The summed E-state index contributed by atoms with van der Waals surface area (Å²) in [5.74, 6) is -0.155. The fraction of sp³-hybridized carbons (Fsp3) is 0.276. The van der Waals surface area contributed by atoms with Gasteiger partial charge in [-0.1, -0.05) is 91.4 Å². The Morgan fingerprint density at radius 2 is 1.72 bits per heavy atom. The van der Waals surface area contributed by atoms with Crippen molar-refractivity contribution in [3.8, 4) is 11.1 Å². The standard InChI is InChI=1S/C29H28FNO/c1-20-11-13-22(14-12-20)23-15-16-24(26(30)18-23)27-25-10-6-7-17-29(25,2)28(32)31(27)19-21-8-4-3-5-9-21/h3-6,8-16,18,25,27H,7,17,19H2,1-2H3/t25-,27-,29+/m0/s1. The number of carbonyl (C=O) groups excluding carboxylic acids is 1. The van der Waals surface area contributed by atoms with Crippen LogP contribution in [0, 0.1) is 24.1 Å². The third-order valence-corrected chi connectivity index (χ3v) is 7.23. The number of rotatable bonds is 4. The van der Waals surface area contributed by atoms with Crippen LogP contribution in [-0.4, -0.2) is 10.8 Å². The number of nitrogens with zero attached hydrogens (tertiary/aromatic N) is 1. The van der Waals surface area contributed by atoms with Crippen LogP contribution in [0.25, 0.3) is 11.1 Å². The lowest BCUT2D eigenvalue weighted by molar-refractivity contribution is -0.137. The summed E-state index contributed by atoms with van der Waals surface area (Å²) in [5, 5.41) is 0. The normalized spacial score (nSPS) is 24.6. The van der Waals surface area contributed by atoms with Crippen LogP contribution in [0.5, 0.6) is 0 Å². The molecule has 0 bridgehead atoms. The van der Waals surface area contributed by atoms with Crippen molar-refractivity contribution >= 4 is 5.91 Å². The van der Waals surface area contributed by atoms with Gasteiger partial charge in [-0.15, -0.1) is 0 Å². The van der Waals surface area contributed by atoms with E-state index in [-0.39, 0.29) is 23.7 Å². The molecule has 0 unspecified atom stereocenters. The zero-order chi connectivity index (χ0) is 22.3. The molecule has 3 atom stereocenters. The summed E-state index contributed by atoms with van der Waals surface area (Å²) in [5.41, 5.74) is 4.20. The highest BCUT2D eigenvalue weighted by atomic mass is 19.1. The minimum atomic E-state index is -0.490. The van der Waals surface area contributed by atoms with Gasteiger partial charge in [-0.25, -0.2) is 4.39 Å².